The van der Waals surface area contributed by atoms with Gasteiger partial charge in [-0.2, -0.15) is 0 Å². The first-order valence-corrected chi connectivity index (χ1v) is 7.14. The first-order valence-electron chi connectivity index (χ1n) is 7.14. The summed E-state index contributed by atoms with van der Waals surface area (Å²) in [7, 11) is 0. The number of hydrogen-bond acceptors (Lipinski definition) is 5. The van der Waals surface area contributed by atoms with E-state index < -0.39 is 12.7 Å². The van der Waals surface area contributed by atoms with Crippen molar-refractivity contribution in [1.82, 2.24) is 19.6 Å². The minimum Gasteiger partial charge on any atom is -0.338 e. The van der Waals surface area contributed by atoms with Crippen LogP contribution in [0.2, 0.25) is 0 Å². The number of fused-ring (bicyclic) bond motifs is 1. The molecule has 126 valence electrons. The quantitative estimate of drug-likeness (QED) is 0.565. The van der Waals surface area contributed by atoms with Gasteiger partial charge in [-0.1, -0.05) is 0 Å². The second kappa shape index (κ2) is 5.99. The summed E-state index contributed by atoms with van der Waals surface area (Å²) in [5.41, 5.74) is 3.39. The van der Waals surface area contributed by atoms with Crippen LogP contribution in [0.25, 0.3) is 22.3 Å². The molecule has 0 radical (unpaired) electrons. The molecule has 3 aromatic rings. The molecule has 24 heavy (non-hydrogen) atoms. The van der Waals surface area contributed by atoms with Gasteiger partial charge in [0, 0.05) is 23.5 Å². The molecule has 0 aliphatic carbocycles. The van der Waals surface area contributed by atoms with Gasteiger partial charge in [-0.15, -0.1) is 0 Å². The van der Waals surface area contributed by atoms with E-state index in [0.717, 1.165) is 22.2 Å². The average molecular weight is 336 g/mol. The van der Waals surface area contributed by atoms with Gasteiger partial charge in [0.15, 0.2) is 0 Å². The predicted octanol–water partition coefficient (Wildman–Crippen LogP) is 2.80. The van der Waals surface area contributed by atoms with Gasteiger partial charge >= 0.3 is 0 Å². The van der Waals surface area contributed by atoms with Crippen molar-refractivity contribution in [2.24, 2.45) is 0 Å². The standard InChI is InChI=1S/C15H15F3N6/c1-7-11-8(2)20-6-4-10(11)24(19)12(7)9-3-5-21-15(22-9)23-14(18)13(16)17/h3-6,13-14H,19H2,1-2H3,(H,21,22,23). The summed E-state index contributed by atoms with van der Waals surface area (Å²) in [5.74, 6) is 5.92. The van der Waals surface area contributed by atoms with Gasteiger partial charge in [0.1, 0.15) is 0 Å². The normalized spacial score (nSPS) is 12.8. The molecule has 0 saturated carbocycles. The number of aryl methyl sites for hydroxylation is 2. The lowest BCUT2D eigenvalue weighted by atomic mass is 10.1. The minimum absolute atomic E-state index is 0.236. The summed E-state index contributed by atoms with van der Waals surface area (Å²) in [6.07, 6.45) is -2.72. The second-order valence-corrected chi connectivity index (χ2v) is 5.28. The Hall–Kier alpha value is -2.84. The molecule has 1 atom stereocenters. The van der Waals surface area contributed by atoms with Crippen LogP contribution in [0.4, 0.5) is 19.1 Å². The molecule has 3 rings (SSSR count). The molecule has 0 fully saturated rings. The summed E-state index contributed by atoms with van der Waals surface area (Å²) in [4.78, 5) is 12.1. The first kappa shape index (κ1) is 16.0. The average Bonchev–Trinajstić information content (AvgIpc) is 2.80. The van der Waals surface area contributed by atoms with Gasteiger partial charge in [0.05, 0.1) is 16.9 Å². The number of nitrogen functional groups attached to an aromatic ring is 1. The Kier molecular flexibility index (Phi) is 4.00. The summed E-state index contributed by atoms with van der Waals surface area (Å²) < 4.78 is 39.2. The molecule has 3 aromatic heterocycles. The number of aromatic nitrogens is 4. The van der Waals surface area contributed by atoms with E-state index >= 15 is 0 Å². The minimum atomic E-state index is -3.17. The van der Waals surface area contributed by atoms with Crippen molar-refractivity contribution in [2.75, 3.05) is 11.2 Å². The van der Waals surface area contributed by atoms with Crippen molar-refractivity contribution in [2.45, 2.75) is 26.6 Å². The number of rotatable bonds is 4. The highest BCUT2D eigenvalue weighted by atomic mass is 19.3. The van der Waals surface area contributed by atoms with Crippen LogP contribution in [0.5, 0.6) is 0 Å². The molecule has 3 N–H and O–H groups in total. The number of anilines is 1. The van der Waals surface area contributed by atoms with Crippen LogP contribution >= 0.6 is 0 Å². The molecule has 0 spiro atoms. The maximum absolute atomic E-state index is 13.1. The number of nitrogens with zero attached hydrogens (tertiary/aromatic N) is 4. The molecule has 9 heteroatoms. The first-order chi connectivity index (χ1) is 11.4. The number of nitrogens with two attached hydrogens (primary N) is 1. The van der Waals surface area contributed by atoms with Crippen molar-refractivity contribution in [1.29, 1.82) is 0 Å². The Morgan fingerprint density at radius 2 is 1.83 bits per heavy atom. The van der Waals surface area contributed by atoms with Crippen LogP contribution in [0, 0.1) is 13.8 Å². The second-order valence-electron chi connectivity index (χ2n) is 5.28. The van der Waals surface area contributed by atoms with Gasteiger partial charge in [0.25, 0.3) is 6.43 Å². The summed E-state index contributed by atoms with van der Waals surface area (Å²) >= 11 is 0. The number of pyridine rings is 1. The maximum atomic E-state index is 13.1. The molecule has 0 aromatic carbocycles. The van der Waals surface area contributed by atoms with E-state index in [4.69, 9.17) is 5.84 Å². The van der Waals surface area contributed by atoms with Gasteiger partial charge in [-0.3, -0.25) is 9.66 Å². The smallest absolute Gasteiger partial charge is 0.287 e. The molecule has 0 aliphatic heterocycles. The molecular formula is C15H15F3N6. The number of nitrogens with one attached hydrogen (secondary N) is 1. The molecule has 0 bridgehead atoms. The van der Waals surface area contributed by atoms with Crippen LogP contribution in [0.1, 0.15) is 11.3 Å². The van der Waals surface area contributed by atoms with Gasteiger partial charge < -0.3 is 11.2 Å². The third kappa shape index (κ3) is 2.61. The van der Waals surface area contributed by atoms with Crippen molar-refractivity contribution in [3.05, 3.63) is 35.8 Å². The third-order valence-electron chi connectivity index (χ3n) is 3.74. The topological polar surface area (TPSA) is 81.7 Å². The number of alkyl halides is 3. The molecule has 0 amide bonds. The zero-order chi connectivity index (χ0) is 17.4. The molecule has 1 unspecified atom stereocenters. The van der Waals surface area contributed by atoms with Gasteiger partial charge in [-0.25, -0.2) is 23.1 Å². The van der Waals surface area contributed by atoms with E-state index in [0.29, 0.717) is 11.4 Å². The van der Waals surface area contributed by atoms with Crippen molar-refractivity contribution in [3.63, 3.8) is 0 Å². The fourth-order valence-corrected chi connectivity index (χ4v) is 2.70. The molecule has 0 aliphatic rings. The van der Waals surface area contributed by atoms with E-state index in [1.54, 1.807) is 18.3 Å². The Balaban J connectivity index is 2.10. The molecule has 3 heterocycles. The van der Waals surface area contributed by atoms with E-state index in [1.165, 1.54) is 10.9 Å². The van der Waals surface area contributed by atoms with E-state index in [9.17, 15) is 13.2 Å². The van der Waals surface area contributed by atoms with Gasteiger partial charge in [-0.05, 0) is 31.5 Å². The van der Waals surface area contributed by atoms with E-state index in [2.05, 4.69) is 15.0 Å². The van der Waals surface area contributed by atoms with Crippen LogP contribution in [0.3, 0.4) is 0 Å². The molecule has 0 saturated heterocycles. The zero-order valence-corrected chi connectivity index (χ0v) is 13.0. The molecule has 6 nitrogen and oxygen atoms in total. The maximum Gasteiger partial charge on any atom is 0.287 e. The Morgan fingerprint density at radius 3 is 2.50 bits per heavy atom. The van der Waals surface area contributed by atoms with Crippen LogP contribution in [-0.2, 0) is 0 Å². The summed E-state index contributed by atoms with van der Waals surface area (Å²) in [5, 5.41) is 2.82. The summed E-state index contributed by atoms with van der Waals surface area (Å²) in [6, 6.07) is 3.35. The highest BCUT2D eigenvalue weighted by Crippen LogP contribution is 2.31. The van der Waals surface area contributed by atoms with Gasteiger partial charge in [0.2, 0.25) is 12.2 Å². The number of halogens is 3. The Morgan fingerprint density at radius 1 is 1.12 bits per heavy atom. The van der Waals surface area contributed by atoms with Crippen molar-refractivity contribution < 1.29 is 13.2 Å². The Bertz CT molecular complexity index is 892. The van der Waals surface area contributed by atoms with E-state index in [1.807, 2.05) is 19.2 Å². The largest absolute Gasteiger partial charge is 0.338 e. The highest BCUT2D eigenvalue weighted by Gasteiger charge is 2.21. The van der Waals surface area contributed by atoms with Crippen LogP contribution in [0.15, 0.2) is 24.5 Å². The van der Waals surface area contributed by atoms with Crippen molar-refractivity contribution in [3.8, 4) is 11.4 Å². The van der Waals surface area contributed by atoms with Crippen LogP contribution in [-0.4, -0.2) is 32.3 Å². The zero-order valence-electron chi connectivity index (χ0n) is 13.0. The predicted molar refractivity (Wildman–Crippen MR) is 84.9 cm³/mol. The SMILES string of the molecule is Cc1nccc2c1c(C)c(-c1ccnc(NC(F)C(F)F)n1)n2N. The monoisotopic (exact) mass is 336 g/mol. The van der Waals surface area contributed by atoms with Crippen LogP contribution < -0.4 is 11.2 Å². The highest BCUT2D eigenvalue weighted by molar-refractivity contribution is 5.92. The lowest BCUT2D eigenvalue weighted by molar-refractivity contribution is 0.0646. The fourth-order valence-electron chi connectivity index (χ4n) is 2.70. The third-order valence-corrected chi connectivity index (χ3v) is 3.74. The fraction of sp³-hybridized carbons (Fsp3) is 0.267. The molecular weight excluding hydrogens is 321 g/mol. The Labute approximate surface area is 135 Å². The van der Waals surface area contributed by atoms with E-state index in [-0.39, 0.29) is 5.95 Å². The summed E-state index contributed by atoms with van der Waals surface area (Å²) in [6.45, 7) is 3.73. The lowest BCUT2D eigenvalue weighted by Crippen LogP contribution is -2.23. The van der Waals surface area contributed by atoms with Crippen molar-refractivity contribution >= 4 is 16.9 Å². The lowest BCUT2D eigenvalue weighted by Gasteiger charge is -2.11. The number of hydrogen-bond donors (Lipinski definition) is 2.